The number of fused-ring (bicyclic) bond motifs is 3. The lowest BCUT2D eigenvalue weighted by atomic mass is 9.97. The molecule has 1 N–H and O–H groups in total. The van der Waals surface area contributed by atoms with E-state index in [0.29, 0.717) is 5.57 Å². The quantitative estimate of drug-likeness (QED) is 0.546. The van der Waals surface area contributed by atoms with Crippen LogP contribution >= 0.6 is 0 Å². The van der Waals surface area contributed by atoms with Crippen LogP contribution in [-0.2, 0) is 4.79 Å². The van der Waals surface area contributed by atoms with Gasteiger partial charge in [-0.25, -0.2) is 4.79 Å². The Labute approximate surface area is 117 Å². The number of carboxylic acid groups (broad SMARTS) is 1. The number of hydrogen-bond acceptors (Lipinski definition) is 1. The number of carbonyl (C=O) groups is 1. The molecule has 0 bridgehead atoms. The van der Waals surface area contributed by atoms with Crippen LogP contribution in [0.1, 0.15) is 12.5 Å². The highest BCUT2D eigenvalue weighted by molar-refractivity contribution is 6.10. The van der Waals surface area contributed by atoms with E-state index in [0.717, 1.165) is 16.3 Å². The molecule has 0 heterocycles. The third-order valence-corrected chi connectivity index (χ3v) is 3.53. The normalized spacial score (nSPS) is 11.9. The second-order valence-electron chi connectivity index (χ2n) is 4.86. The molecule has 0 amide bonds. The van der Waals surface area contributed by atoms with E-state index in [2.05, 4.69) is 30.3 Å². The number of benzene rings is 3. The van der Waals surface area contributed by atoms with Crippen LogP contribution in [0.3, 0.4) is 0 Å². The molecule has 0 saturated carbocycles. The van der Waals surface area contributed by atoms with Crippen molar-refractivity contribution in [2.24, 2.45) is 0 Å². The predicted octanol–water partition coefficient (Wildman–Crippen LogP) is 4.48. The summed E-state index contributed by atoms with van der Waals surface area (Å²) in [6.07, 6.45) is 1.72. The second-order valence-corrected chi connectivity index (χ2v) is 4.86. The van der Waals surface area contributed by atoms with Crippen molar-refractivity contribution in [3.05, 3.63) is 65.7 Å². The Kier molecular flexibility index (Phi) is 2.99. The molecule has 3 rings (SSSR count). The predicted molar refractivity (Wildman–Crippen MR) is 82.7 cm³/mol. The van der Waals surface area contributed by atoms with Crippen molar-refractivity contribution in [2.75, 3.05) is 0 Å². The first-order valence-corrected chi connectivity index (χ1v) is 6.49. The Hall–Kier alpha value is -2.61. The van der Waals surface area contributed by atoms with Crippen molar-refractivity contribution in [1.29, 1.82) is 0 Å². The fourth-order valence-electron chi connectivity index (χ4n) is 2.49. The van der Waals surface area contributed by atoms with Gasteiger partial charge in [0.15, 0.2) is 0 Å². The van der Waals surface area contributed by atoms with E-state index in [-0.39, 0.29) is 0 Å². The van der Waals surface area contributed by atoms with E-state index in [9.17, 15) is 4.79 Å². The van der Waals surface area contributed by atoms with Gasteiger partial charge in [0.1, 0.15) is 0 Å². The molecule has 0 spiro atoms. The van der Waals surface area contributed by atoms with Gasteiger partial charge in [-0.2, -0.15) is 0 Å². The first kappa shape index (κ1) is 12.4. The Bertz CT molecular complexity index is 844. The summed E-state index contributed by atoms with van der Waals surface area (Å²) in [7, 11) is 0. The summed E-state index contributed by atoms with van der Waals surface area (Å²) in [6, 6.07) is 18.3. The molecule has 0 atom stereocenters. The molecule has 3 aromatic carbocycles. The van der Waals surface area contributed by atoms with Crippen molar-refractivity contribution in [3.63, 3.8) is 0 Å². The Balaban J connectivity index is 2.33. The highest BCUT2D eigenvalue weighted by Crippen LogP contribution is 2.28. The third-order valence-electron chi connectivity index (χ3n) is 3.53. The SMILES string of the molecule is CC(=Cc1cccc2c1ccc1ccccc12)C(=O)O. The summed E-state index contributed by atoms with van der Waals surface area (Å²) in [4.78, 5) is 11.0. The van der Waals surface area contributed by atoms with E-state index < -0.39 is 5.97 Å². The summed E-state index contributed by atoms with van der Waals surface area (Å²) < 4.78 is 0. The van der Waals surface area contributed by atoms with Gasteiger partial charge in [-0.15, -0.1) is 0 Å². The summed E-state index contributed by atoms with van der Waals surface area (Å²) in [5.74, 6) is -0.886. The van der Waals surface area contributed by atoms with Crippen molar-refractivity contribution >= 4 is 33.6 Å². The van der Waals surface area contributed by atoms with Gasteiger partial charge in [-0.05, 0) is 40.1 Å². The molecule has 0 aliphatic rings. The summed E-state index contributed by atoms with van der Waals surface area (Å²) >= 11 is 0. The highest BCUT2D eigenvalue weighted by Gasteiger charge is 2.05. The molecule has 2 heteroatoms. The van der Waals surface area contributed by atoms with E-state index >= 15 is 0 Å². The van der Waals surface area contributed by atoms with Gasteiger partial charge < -0.3 is 5.11 Å². The standard InChI is InChI=1S/C18H14O2/c1-12(18(19)20)11-14-6-4-8-17-15-7-3-2-5-13(15)9-10-16(14)17/h2-11H,1H3,(H,19,20). The maximum Gasteiger partial charge on any atom is 0.331 e. The van der Waals surface area contributed by atoms with E-state index in [1.54, 1.807) is 13.0 Å². The van der Waals surface area contributed by atoms with Crippen LogP contribution < -0.4 is 0 Å². The molecule has 0 fully saturated rings. The van der Waals surface area contributed by atoms with Crippen LogP contribution in [0, 0.1) is 0 Å². The summed E-state index contributed by atoms with van der Waals surface area (Å²) in [5.41, 5.74) is 1.28. The van der Waals surface area contributed by atoms with E-state index in [1.807, 2.05) is 24.3 Å². The fourth-order valence-corrected chi connectivity index (χ4v) is 2.49. The minimum absolute atomic E-state index is 0.339. The molecule has 0 aromatic heterocycles. The monoisotopic (exact) mass is 262 g/mol. The van der Waals surface area contributed by atoms with Crippen LogP contribution in [-0.4, -0.2) is 11.1 Å². The van der Waals surface area contributed by atoms with Gasteiger partial charge in [-0.1, -0.05) is 54.6 Å². The molecular formula is C18H14O2. The largest absolute Gasteiger partial charge is 0.478 e. The number of rotatable bonds is 2. The molecule has 0 aliphatic carbocycles. The lowest BCUT2D eigenvalue weighted by molar-refractivity contribution is -0.132. The third kappa shape index (κ3) is 2.05. The second kappa shape index (κ2) is 4.82. The Morgan fingerprint density at radius 1 is 0.900 bits per heavy atom. The zero-order valence-corrected chi connectivity index (χ0v) is 11.1. The maximum absolute atomic E-state index is 11.0. The molecule has 0 radical (unpaired) electrons. The summed E-state index contributed by atoms with van der Waals surface area (Å²) in [5, 5.41) is 13.6. The van der Waals surface area contributed by atoms with Gasteiger partial charge in [0.25, 0.3) is 0 Å². The molecule has 2 nitrogen and oxygen atoms in total. The summed E-state index contributed by atoms with van der Waals surface area (Å²) in [6.45, 7) is 1.61. The molecular weight excluding hydrogens is 248 g/mol. The van der Waals surface area contributed by atoms with Gasteiger partial charge in [0.05, 0.1) is 0 Å². The van der Waals surface area contributed by atoms with Crippen molar-refractivity contribution < 1.29 is 9.90 Å². The lowest BCUT2D eigenvalue weighted by Gasteiger charge is -2.07. The molecule has 20 heavy (non-hydrogen) atoms. The molecule has 0 unspecified atom stereocenters. The van der Waals surface area contributed by atoms with Crippen molar-refractivity contribution in [2.45, 2.75) is 6.92 Å². The number of hydrogen-bond donors (Lipinski definition) is 1. The van der Waals surface area contributed by atoms with Crippen LogP contribution in [0.15, 0.2) is 60.2 Å². The molecule has 0 aliphatic heterocycles. The van der Waals surface area contributed by atoms with E-state index in [1.165, 1.54) is 10.8 Å². The highest BCUT2D eigenvalue weighted by atomic mass is 16.4. The maximum atomic E-state index is 11.0. The molecule has 3 aromatic rings. The van der Waals surface area contributed by atoms with Gasteiger partial charge in [-0.3, -0.25) is 0 Å². The van der Waals surface area contributed by atoms with Crippen LogP contribution in [0.4, 0.5) is 0 Å². The topological polar surface area (TPSA) is 37.3 Å². The average molecular weight is 262 g/mol. The zero-order chi connectivity index (χ0) is 14.1. The minimum atomic E-state index is -0.886. The first-order chi connectivity index (χ1) is 9.66. The number of aliphatic carboxylic acids is 1. The average Bonchev–Trinajstić information content (AvgIpc) is 2.47. The minimum Gasteiger partial charge on any atom is -0.478 e. The van der Waals surface area contributed by atoms with Gasteiger partial charge in [0.2, 0.25) is 0 Å². The molecule has 98 valence electrons. The van der Waals surface area contributed by atoms with Crippen molar-refractivity contribution in [3.8, 4) is 0 Å². The van der Waals surface area contributed by atoms with Crippen LogP contribution in [0.5, 0.6) is 0 Å². The fraction of sp³-hybridized carbons (Fsp3) is 0.0556. The van der Waals surface area contributed by atoms with Crippen LogP contribution in [0.25, 0.3) is 27.6 Å². The van der Waals surface area contributed by atoms with Gasteiger partial charge >= 0.3 is 5.97 Å². The number of carboxylic acids is 1. The zero-order valence-electron chi connectivity index (χ0n) is 11.1. The Morgan fingerprint density at radius 2 is 1.65 bits per heavy atom. The van der Waals surface area contributed by atoms with Crippen LogP contribution in [0.2, 0.25) is 0 Å². The Morgan fingerprint density at radius 3 is 2.45 bits per heavy atom. The molecule has 0 saturated heterocycles. The smallest absolute Gasteiger partial charge is 0.331 e. The van der Waals surface area contributed by atoms with Crippen molar-refractivity contribution in [1.82, 2.24) is 0 Å². The first-order valence-electron chi connectivity index (χ1n) is 6.49. The van der Waals surface area contributed by atoms with Gasteiger partial charge in [0, 0.05) is 5.57 Å². The van der Waals surface area contributed by atoms with E-state index in [4.69, 9.17) is 5.11 Å². The lowest BCUT2D eigenvalue weighted by Crippen LogP contribution is -1.95.